The molecular weight excluding hydrogens is 244 g/mol. The Morgan fingerprint density at radius 1 is 1.37 bits per heavy atom. The third kappa shape index (κ3) is 3.24. The molecule has 1 aromatic carbocycles. The summed E-state index contributed by atoms with van der Waals surface area (Å²) in [5, 5.41) is 2.72. The molecule has 1 aromatic rings. The fourth-order valence-electron chi connectivity index (χ4n) is 1.97. The van der Waals surface area contributed by atoms with E-state index < -0.39 is 6.09 Å². The summed E-state index contributed by atoms with van der Waals surface area (Å²) >= 11 is 0. The number of hydrogen-bond acceptors (Lipinski definition) is 3. The zero-order valence-electron chi connectivity index (χ0n) is 11.0. The van der Waals surface area contributed by atoms with Gasteiger partial charge < -0.3 is 10.1 Å². The maximum Gasteiger partial charge on any atom is 0.410 e. The molecule has 1 heterocycles. The first-order valence-corrected chi connectivity index (χ1v) is 6.47. The average molecular weight is 262 g/mol. The van der Waals surface area contributed by atoms with Crippen LogP contribution in [0.2, 0.25) is 0 Å². The van der Waals surface area contributed by atoms with Crippen molar-refractivity contribution in [2.24, 2.45) is 0 Å². The SMILES string of the molecule is CCNC(=O)[C@@H]1CCN1C(=O)OCc1ccccc1. The van der Waals surface area contributed by atoms with Crippen LogP contribution in [0.1, 0.15) is 18.9 Å². The Hall–Kier alpha value is -2.04. The van der Waals surface area contributed by atoms with Crippen molar-refractivity contribution < 1.29 is 14.3 Å². The van der Waals surface area contributed by atoms with Gasteiger partial charge in [-0.3, -0.25) is 9.69 Å². The van der Waals surface area contributed by atoms with Gasteiger partial charge in [0, 0.05) is 13.1 Å². The maximum absolute atomic E-state index is 11.8. The quantitative estimate of drug-likeness (QED) is 0.895. The number of rotatable bonds is 4. The Morgan fingerprint density at radius 2 is 2.11 bits per heavy atom. The summed E-state index contributed by atoms with van der Waals surface area (Å²) < 4.78 is 5.20. The van der Waals surface area contributed by atoms with Gasteiger partial charge in [0.15, 0.2) is 0 Å². The Kier molecular flexibility index (Phi) is 4.39. The van der Waals surface area contributed by atoms with Crippen molar-refractivity contribution >= 4 is 12.0 Å². The molecule has 5 heteroatoms. The van der Waals surface area contributed by atoms with Gasteiger partial charge in [-0.2, -0.15) is 0 Å². The third-order valence-electron chi connectivity index (χ3n) is 3.11. The molecule has 1 N–H and O–H groups in total. The molecule has 2 rings (SSSR count). The normalized spacial score (nSPS) is 17.5. The minimum atomic E-state index is -0.425. The molecule has 0 aliphatic carbocycles. The van der Waals surface area contributed by atoms with Crippen molar-refractivity contribution in [2.75, 3.05) is 13.1 Å². The number of nitrogens with zero attached hydrogens (tertiary/aromatic N) is 1. The second-order valence-corrected chi connectivity index (χ2v) is 4.43. The molecule has 5 nitrogen and oxygen atoms in total. The van der Waals surface area contributed by atoms with Crippen LogP contribution in [0.15, 0.2) is 30.3 Å². The number of hydrogen-bond donors (Lipinski definition) is 1. The Morgan fingerprint density at radius 3 is 2.68 bits per heavy atom. The fourth-order valence-corrected chi connectivity index (χ4v) is 1.97. The summed E-state index contributed by atoms with van der Waals surface area (Å²) in [6, 6.07) is 9.11. The van der Waals surface area contributed by atoms with Gasteiger partial charge in [-0.1, -0.05) is 30.3 Å². The van der Waals surface area contributed by atoms with Crippen LogP contribution in [0.3, 0.4) is 0 Å². The Balaban J connectivity index is 1.82. The van der Waals surface area contributed by atoms with Crippen molar-refractivity contribution in [3.8, 4) is 0 Å². The lowest BCUT2D eigenvalue weighted by Crippen LogP contribution is -2.58. The van der Waals surface area contributed by atoms with E-state index >= 15 is 0 Å². The first-order chi connectivity index (χ1) is 9.22. The van der Waals surface area contributed by atoms with Crippen LogP contribution in [-0.2, 0) is 16.1 Å². The minimum Gasteiger partial charge on any atom is -0.445 e. The highest BCUT2D eigenvalue weighted by Crippen LogP contribution is 2.19. The number of carbonyl (C=O) groups is 2. The molecule has 1 saturated heterocycles. The zero-order chi connectivity index (χ0) is 13.7. The summed E-state index contributed by atoms with van der Waals surface area (Å²) in [5.41, 5.74) is 0.936. The molecule has 0 unspecified atom stereocenters. The molecule has 1 aliphatic rings. The van der Waals surface area contributed by atoms with Gasteiger partial charge in [0.1, 0.15) is 12.6 Å². The highest BCUT2D eigenvalue weighted by atomic mass is 16.6. The van der Waals surface area contributed by atoms with Crippen LogP contribution in [0.25, 0.3) is 0 Å². The second kappa shape index (κ2) is 6.22. The summed E-state index contributed by atoms with van der Waals surface area (Å²) in [5.74, 6) is -0.106. The van der Waals surface area contributed by atoms with E-state index in [1.165, 1.54) is 4.90 Å². The average Bonchev–Trinajstić information content (AvgIpc) is 2.36. The number of ether oxygens (including phenoxy) is 1. The molecule has 102 valence electrons. The first-order valence-electron chi connectivity index (χ1n) is 6.47. The lowest BCUT2D eigenvalue weighted by Gasteiger charge is -2.38. The number of likely N-dealkylation sites (N-methyl/N-ethyl adjacent to an activating group) is 1. The van der Waals surface area contributed by atoms with Gasteiger partial charge in [0.05, 0.1) is 0 Å². The number of nitrogens with one attached hydrogen (secondary N) is 1. The highest BCUT2D eigenvalue weighted by molar-refractivity contribution is 5.87. The summed E-state index contributed by atoms with van der Waals surface area (Å²) in [6.45, 7) is 3.24. The summed E-state index contributed by atoms with van der Waals surface area (Å²) in [4.78, 5) is 25.0. The van der Waals surface area contributed by atoms with Gasteiger partial charge in [-0.15, -0.1) is 0 Å². The molecule has 2 amide bonds. The van der Waals surface area contributed by atoms with Gasteiger partial charge in [0.2, 0.25) is 5.91 Å². The van der Waals surface area contributed by atoms with Crippen LogP contribution in [0.5, 0.6) is 0 Å². The molecular formula is C14H18N2O3. The Labute approximate surface area is 112 Å². The fraction of sp³-hybridized carbons (Fsp3) is 0.429. The van der Waals surface area contributed by atoms with Crippen LogP contribution in [0.4, 0.5) is 4.79 Å². The Bertz CT molecular complexity index is 447. The number of amides is 2. The van der Waals surface area contributed by atoms with Crippen molar-refractivity contribution in [1.82, 2.24) is 10.2 Å². The minimum absolute atomic E-state index is 0.106. The first kappa shape index (κ1) is 13.4. The largest absolute Gasteiger partial charge is 0.445 e. The van der Waals surface area contributed by atoms with E-state index in [1.54, 1.807) is 0 Å². The standard InChI is InChI=1S/C14H18N2O3/c1-2-15-13(17)12-8-9-16(12)14(18)19-10-11-6-4-3-5-7-11/h3-7,12H,2,8-10H2,1H3,(H,15,17)/t12-/m0/s1. The third-order valence-corrected chi connectivity index (χ3v) is 3.11. The zero-order valence-corrected chi connectivity index (χ0v) is 11.0. The topological polar surface area (TPSA) is 58.6 Å². The van der Waals surface area contributed by atoms with Crippen LogP contribution in [0, 0.1) is 0 Å². The highest BCUT2D eigenvalue weighted by Gasteiger charge is 2.38. The van der Waals surface area contributed by atoms with Gasteiger partial charge in [-0.25, -0.2) is 4.79 Å². The van der Waals surface area contributed by atoms with E-state index in [-0.39, 0.29) is 18.6 Å². The van der Waals surface area contributed by atoms with E-state index in [9.17, 15) is 9.59 Å². The van der Waals surface area contributed by atoms with E-state index in [0.717, 1.165) is 5.56 Å². The molecule has 0 saturated carbocycles. The van der Waals surface area contributed by atoms with Gasteiger partial charge in [-0.05, 0) is 18.9 Å². The molecule has 0 radical (unpaired) electrons. The predicted molar refractivity (Wildman–Crippen MR) is 70.4 cm³/mol. The monoisotopic (exact) mass is 262 g/mol. The molecule has 0 aromatic heterocycles. The molecule has 1 aliphatic heterocycles. The smallest absolute Gasteiger partial charge is 0.410 e. The number of carbonyl (C=O) groups excluding carboxylic acids is 2. The lowest BCUT2D eigenvalue weighted by atomic mass is 10.0. The molecule has 1 fully saturated rings. The van der Waals surface area contributed by atoms with Crippen LogP contribution in [-0.4, -0.2) is 36.0 Å². The van der Waals surface area contributed by atoms with Crippen LogP contribution >= 0.6 is 0 Å². The van der Waals surface area contributed by atoms with E-state index in [4.69, 9.17) is 4.74 Å². The van der Waals surface area contributed by atoms with Crippen molar-refractivity contribution in [2.45, 2.75) is 26.0 Å². The lowest BCUT2D eigenvalue weighted by molar-refractivity contribution is -0.129. The maximum atomic E-state index is 11.8. The predicted octanol–water partition coefficient (Wildman–Crippen LogP) is 1.53. The molecule has 0 bridgehead atoms. The van der Waals surface area contributed by atoms with E-state index in [1.807, 2.05) is 37.3 Å². The van der Waals surface area contributed by atoms with Crippen LogP contribution < -0.4 is 5.32 Å². The van der Waals surface area contributed by atoms with E-state index in [0.29, 0.717) is 19.5 Å². The second-order valence-electron chi connectivity index (χ2n) is 4.43. The number of likely N-dealkylation sites (tertiary alicyclic amines) is 1. The van der Waals surface area contributed by atoms with Crippen molar-refractivity contribution in [3.63, 3.8) is 0 Å². The molecule has 1 atom stereocenters. The van der Waals surface area contributed by atoms with Gasteiger partial charge >= 0.3 is 6.09 Å². The summed E-state index contributed by atoms with van der Waals surface area (Å²) in [7, 11) is 0. The number of benzene rings is 1. The van der Waals surface area contributed by atoms with Crippen molar-refractivity contribution in [3.05, 3.63) is 35.9 Å². The summed E-state index contributed by atoms with van der Waals surface area (Å²) in [6.07, 6.45) is 0.276. The van der Waals surface area contributed by atoms with E-state index in [2.05, 4.69) is 5.32 Å². The van der Waals surface area contributed by atoms with Crippen molar-refractivity contribution in [1.29, 1.82) is 0 Å². The van der Waals surface area contributed by atoms with Gasteiger partial charge in [0.25, 0.3) is 0 Å². The molecule has 19 heavy (non-hydrogen) atoms. The molecule has 0 spiro atoms.